The molecule has 2 N–H and O–H groups in total. The van der Waals surface area contributed by atoms with Gasteiger partial charge in [0.2, 0.25) is 0 Å². The fourth-order valence-electron chi connectivity index (χ4n) is 1.47. The third-order valence-corrected chi connectivity index (χ3v) is 2.53. The first-order valence-corrected chi connectivity index (χ1v) is 6.61. The quantitative estimate of drug-likeness (QED) is 0.727. The van der Waals surface area contributed by atoms with E-state index in [-0.39, 0.29) is 0 Å². The molecule has 3 nitrogen and oxygen atoms in total. The highest BCUT2D eigenvalue weighted by atomic mass is 16.4. The van der Waals surface area contributed by atoms with Gasteiger partial charge in [0.15, 0.2) is 0 Å². The molecule has 0 spiro atoms. The molecule has 1 rings (SSSR count). The molecular weight excluding hydrogens is 228 g/mol. The predicted octanol–water partition coefficient (Wildman–Crippen LogP) is 3.72. The largest absolute Gasteiger partial charge is 0.478 e. The van der Waals surface area contributed by atoms with Gasteiger partial charge in [0, 0.05) is 6.61 Å². The standard InChI is InChI=1S/C8H18O.C7H6O2/c1-2-3-4-5-6-7-8-9;8-7(9)6-4-2-1-3-5-6/h9H,2-8H2,1H3;1-5H,(H,8,9). The van der Waals surface area contributed by atoms with Gasteiger partial charge in [0.25, 0.3) is 0 Å². The first kappa shape index (κ1) is 16.6. The van der Waals surface area contributed by atoms with Crippen LogP contribution in [0.1, 0.15) is 55.8 Å². The lowest BCUT2D eigenvalue weighted by molar-refractivity contribution is 0.0697. The maximum atomic E-state index is 10.2. The van der Waals surface area contributed by atoms with Crippen LogP contribution in [-0.4, -0.2) is 22.8 Å². The van der Waals surface area contributed by atoms with Crippen LogP contribution in [0.15, 0.2) is 30.3 Å². The molecule has 0 heterocycles. The second kappa shape index (κ2) is 12.1. The molecule has 1 aromatic rings. The summed E-state index contributed by atoms with van der Waals surface area (Å²) in [6.45, 7) is 2.58. The summed E-state index contributed by atoms with van der Waals surface area (Å²) in [6, 6.07) is 8.30. The second-order valence-electron chi connectivity index (χ2n) is 4.16. The molecule has 0 aromatic heterocycles. The molecule has 18 heavy (non-hydrogen) atoms. The van der Waals surface area contributed by atoms with Crippen molar-refractivity contribution in [2.75, 3.05) is 6.61 Å². The topological polar surface area (TPSA) is 57.5 Å². The van der Waals surface area contributed by atoms with E-state index in [1.807, 2.05) is 0 Å². The van der Waals surface area contributed by atoms with Gasteiger partial charge in [-0.1, -0.05) is 57.2 Å². The summed E-state index contributed by atoms with van der Waals surface area (Å²) in [6.07, 6.45) is 7.50. The number of hydrogen-bond acceptors (Lipinski definition) is 2. The third-order valence-electron chi connectivity index (χ3n) is 2.53. The summed E-state index contributed by atoms with van der Waals surface area (Å²) < 4.78 is 0. The molecule has 0 aliphatic rings. The molecule has 0 fully saturated rings. The fourth-order valence-corrected chi connectivity index (χ4v) is 1.47. The Morgan fingerprint density at radius 3 is 2.00 bits per heavy atom. The Kier molecular flexibility index (Phi) is 11.2. The van der Waals surface area contributed by atoms with Crippen LogP contribution in [0.4, 0.5) is 0 Å². The molecule has 3 heteroatoms. The molecule has 102 valence electrons. The average molecular weight is 252 g/mol. The Morgan fingerprint density at radius 2 is 1.56 bits per heavy atom. The monoisotopic (exact) mass is 252 g/mol. The lowest BCUT2D eigenvalue weighted by Gasteiger charge is -1.95. The van der Waals surface area contributed by atoms with Crippen LogP contribution in [0.2, 0.25) is 0 Å². The van der Waals surface area contributed by atoms with Gasteiger partial charge in [-0.3, -0.25) is 0 Å². The normalized spacial score (nSPS) is 9.44. The minimum absolute atomic E-state index is 0.331. The van der Waals surface area contributed by atoms with Gasteiger partial charge in [-0.05, 0) is 18.6 Å². The molecule has 1 aromatic carbocycles. The van der Waals surface area contributed by atoms with Crippen molar-refractivity contribution in [2.45, 2.75) is 45.4 Å². The summed E-state index contributed by atoms with van der Waals surface area (Å²) >= 11 is 0. The summed E-state index contributed by atoms with van der Waals surface area (Å²) in [5.74, 6) is -0.879. The van der Waals surface area contributed by atoms with Crippen LogP contribution >= 0.6 is 0 Å². The zero-order valence-corrected chi connectivity index (χ0v) is 11.1. The van der Waals surface area contributed by atoms with E-state index >= 15 is 0 Å². The Hall–Kier alpha value is -1.35. The number of carbonyl (C=O) groups is 1. The van der Waals surface area contributed by atoms with Crippen molar-refractivity contribution in [1.82, 2.24) is 0 Å². The Bertz CT molecular complexity index is 290. The number of benzene rings is 1. The van der Waals surface area contributed by atoms with Crippen molar-refractivity contribution in [3.8, 4) is 0 Å². The summed E-state index contributed by atoms with van der Waals surface area (Å²) in [5, 5.41) is 16.8. The van der Waals surface area contributed by atoms with Crippen molar-refractivity contribution < 1.29 is 15.0 Å². The minimum atomic E-state index is -0.879. The summed E-state index contributed by atoms with van der Waals surface area (Å²) in [5.41, 5.74) is 0.331. The minimum Gasteiger partial charge on any atom is -0.478 e. The zero-order chi connectivity index (χ0) is 13.6. The van der Waals surface area contributed by atoms with E-state index in [2.05, 4.69) is 6.92 Å². The number of rotatable bonds is 7. The molecule has 0 bridgehead atoms. The number of aliphatic hydroxyl groups excluding tert-OH is 1. The smallest absolute Gasteiger partial charge is 0.335 e. The molecule has 0 aliphatic heterocycles. The van der Waals surface area contributed by atoms with Crippen molar-refractivity contribution in [3.63, 3.8) is 0 Å². The molecule has 0 saturated carbocycles. The first-order chi connectivity index (χ1) is 8.72. The highest BCUT2D eigenvalue weighted by molar-refractivity contribution is 5.87. The van der Waals surface area contributed by atoms with Crippen molar-refractivity contribution >= 4 is 5.97 Å². The molecular formula is C15H24O3. The van der Waals surface area contributed by atoms with Crippen molar-refractivity contribution in [3.05, 3.63) is 35.9 Å². The Morgan fingerprint density at radius 1 is 1.00 bits per heavy atom. The summed E-state index contributed by atoms with van der Waals surface area (Å²) in [4.78, 5) is 10.2. The van der Waals surface area contributed by atoms with Gasteiger partial charge in [0.1, 0.15) is 0 Å². The SMILES string of the molecule is CCCCCCCCO.O=C(O)c1ccccc1. The van der Waals surface area contributed by atoms with E-state index in [4.69, 9.17) is 10.2 Å². The maximum absolute atomic E-state index is 10.2. The molecule has 0 aliphatic carbocycles. The Labute approximate surface area is 109 Å². The molecule has 0 unspecified atom stereocenters. The maximum Gasteiger partial charge on any atom is 0.335 e. The van der Waals surface area contributed by atoms with Gasteiger partial charge in [0.05, 0.1) is 5.56 Å². The van der Waals surface area contributed by atoms with Crippen LogP contribution in [0, 0.1) is 0 Å². The number of carboxylic acids is 1. The van der Waals surface area contributed by atoms with Gasteiger partial charge >= 0.3 is 5.97 Å². The number of unbranched alkanes of at least 4 members (excludes halogenated alkanes) is 5. The van der Waals surface area contributed by atoms with E-state index in [9.17, 15) is 4.79 Å². The predicted molar refractivity (Wildman–Crippen MR) is 73.9 cm³/mol. The van der Waals surface area contributed by atoms with Crippen molar-refractivity contribution in [2.24, 2.45) is 0 Å². The van der Waals surface area contributed by atoms with Gasteiger partial charge in [-0.2, -0.15) is 0 Å². The van der Waals surface area contributed by atoms with E-state index in [1.165, 1.54) is 32.1 Å². The lowest BCUT2D eigenvalue weighted by atomic mass is 10.1. The zero-order valence-electron chi connectivity index (χ0n) is 11.1. The van der Waals surface area contributed by atoms with Gasteiger partial charge in [-0.25, -0.2) is 4.79 Å². The Balaban J connectivity index is 0.000000321. The van der Waals surface area contributed by atoms with Gasteiger partial charge < -0.3 is 10.2 Å². The number of aromatic carboxylic acids is 1. The van der Waals surface area contributed by atoms with Crippen LogP contribution in [0.3, 0.4) is 0 Å². The third kappa shape index (κ3) is 9.85. The molecule has 0 atom stereocenters. The lowest BCUT2D eigenvalue weighted by Crippen LogP contribution is -1.93. The van der Waals surface area contributed by atoms with Crippen LogP contribution in [-0.2, 0) is 0 Å². The van der Waals surface area contributed by atoms with Crippen molar-refractivity contribution in [1.29, 1.82) is 0 Å². The molecule has 0 amide bonds. The summed E-state index contributed by atoms with van der Waals surface area (Å²) in [7, 11) is 0. The second-order valence-corrected chi connectivity index (χ2v) is 4.16. The van der Waals surface area contributed by atoms with Gasteiger partial charge in [-0.15, -0.1) is 0 Å². The first-order valence-electron chi connectivity index (χ1n) is 6.61. The highest BCUT2D eigenvalue weighted by Crippen LogP contribution is 2.03. The van der Waals surface area contributed by atoms with E-state index in [1.54, 1.807) is 30.3 Å². The number of aliphatic hydroxyl groups is 1. The fraction of sp³-hybridized carbons (Fsp3) is 0.533. The van der Waals surface area contributed by atoms with E-state index < -0.39 is 5.97 Å². The molecule has 0 radical (unpaired) electrons. The number of carboxylic acid groups (broad SMARTS) is 1. The van der Waals surface area contributed by atoms with Crippen LogP contribution < -0.4 is 0 Å². The van der Waals surface area contributed by atoms with E-state index in [0.717, 1.165) is 6.42 Å². The highest BCUT2D eigenvalue weighted by Gasteiger charge is 1.96. The average Bonchev–Trinajstić information content (AvgIpc) is 2.40. The number of hydrogen-bond donors (Lipinski definition) is 2. The van der Waals surface area contributed by atoms with E-state index in [0.29, 0.717) is 12.2 Å². The molecule has 0 saturated heterocycles. The van der Waals surface area contributed by atoms with Crippen LogP contribution in [0.5, 0.6) is 0 Å². The van der Waals surface area contributed by atoms with Crippen LogP contribution in [0.25, 0.3) is 0 Å².